The molecular weight excluding hydrogens is 307 g/mol. The van der Waals surface area contributed by atoms with E-state index < -0.39 is 0 Å². The Balaban J connectivity index is 0.000000902. The quantitative estimate of drug-likeness (QED) is 0.814. The third-order valence-corrected chi connectivity index (χ3v) is 3.83. The summed E-state index contributed by atoms with van der Waals surface area (Å²) in [6, 6.07) is -0.182. The summed E-state index contributed by atoms with van der Waals surface area (Å²) in [5.41, 5.74) is 0.933. The first-order valence-corrected chi connectivity index (χ1v) is 6.68. The van der Waals surface area contributed by atoms with Gasteiger partial charge in [-0.1, -0.05) is 23.9 Å². The van der Waals surface area contributed by atoms with Crippen molar-refractivity contribution < 1.29 is 4.79 Å². The number of fused-ring (bicyclic) bond motifs is 1. The lowest BCUT2D eigenvalue weighted by molar-refractivity contribution is -0.122. The second kappa shape index (κ2) is 7.19. The Bertz CT molecular complexity index is 456. The number of rotatable bonds is 3. The van der Waals surface area contributed by atoms with Gasteiger partial charge in [-0.05, 0) is 0 Å². The van der Waals surface area contributed by atoms with Crippen molar-refractivity contribution in [2.75, 3.05) is 12.3 Å². The van der Waals surface area contributed by atoms with Crippen molar-refractivity contribution in [3.63, 3.8) is 0 Å². The summed E-state index contributed by atoms with van der Waals surface area (Å²) in [6.07, 6.45) is 5.87. The summed E-state index contributed by atoms with van der Waals surface area (Å²) < 4.78 is 2.14. The molecular formula is C11H16Cl2N4OS. The molecule has 1 aromatic rings. The Kier molecular flexibility index (Phi) is 6.19. The fourth-order valence-electron chi connectivity index (χ4n) is 1.98. The van der Waals surface area contributed by atoms with Gasteiger partial charge in [-0.25, -0.2) is 4.98 Å². The predicted octanol–water partition coefficient (Wildman–Crippen LogP) is 0.977. The molecule has 8 heteroatoms. The number of halogens is 2. The maximum absolute atomic E-state index is 11.7. The highest BCUT2D eigenvalue weighted by Gasteiger charge is 2.18. The zero-order valence-electron chi connectivity index (χ0n) is 10.2. The van der Waals surface area contributed by atoms with Gasteiger partial charge in [-0.2, -0.15) is 0 Å². The number of amides is 1. The van der Waals surface area contributed by atoms with Crippen LogP contribution >= 0.6 is 36.6 Å². The molecule has 106 valence electrons. The summed E-state index contributed by atoms with van der Waals surface area (Å²) in [5, 5.41) is 7.03. The van der Waals surface area contributed by atoms with Crippen LogP contribution in [0.5, 0.6) is 0 Å². The molecule has 2 N–H and O–H groups in total. The molecule has 3 heterocycles. The number of aromatic nitrogens is 2. The minimum absolute atomic E-state index is 0. The molecule has 0 saturated carbocycles. The normalized spacial score (nSPS) is 19.5. The van der Waals surface area contributed by atoms with Gasteiger partial charge in [-0.3, -0.25) is 10.1 Å². The smallest absolute Gasteiger partial charge is 0.241 e. The fraction of sp³-hybridized carbons (Fsp3) is 0.455. The van der Waals surface area contributed by atoms with E-state index in [2.05, 4.69) is 20.2 Å². The molecule has 0 bridgehead atoms. The molecule has 1 unspecified atom stereocenters. The van der Waals surface area contributed by atoms with E-state index in [1.54, 1.807) is 11.8 Å². The number of carbonyl (C=O) groups excluding carboxylic acids is 1. The zero-order valence-corrected chi connectivity index (χ0v) is 12.6. The zero-order chi connectivity index (χ0) is 11.7. The summed E-state index contributed by atoms with van der Waals surface area (Å²) in [4.78, 5) is 16.2. The monoisotopic (exact) mass is 322 g/mol. The molecule has 1 atom stereocenters. The molecule has 0 fully saturated rings. The Morgan fingerprint density at radius 1 is 1.58 bits per heavy atom. The van der Waals surface area contributed by atoms with Gasteiger partial charge in [0.05, 0.1) is 12.2 Å². The summed E-state index contributed by atoms with van der Waals surface area (Å²) >= 11 is 1.76. The molecule has 5 nitrogen and oxygen atoms in total. The van der Waals surface area contributed by atoms with Crippen molar-refractivity contribution in [3.05, 3.63) is 24.0 Å². The van der Waals surface area contributed by atoms with Crippen LogP contribution in [-0.4, -0.2) is 33.8 Å². The van der Waals surface area contributed by atoms with Gasteiger partial charge >= 0.3 is 0 Å². The summed E-state index contributed by atoms with van der Waals surface area (Å²) in [5.74, 6) is 1.12. The molecule has 0 spiro atoms. The van der Waals surface area contributed by atoms with Gasteiger partial charge in [0.1, 0.15) is 6.04 Å². The molecule has 0 aliphatic carbocycles. The van der Waals surface area contributed by atoms with Crippen LogP contribution in [0.4, 0.5) is 0 Å². The number of nitrogens with zero attached hydrogens (tertiary/aromatic N) is 2. The maximum atomic E-state index is 11.7. The molecule has 0 saturated heterocycles. The standard InChI is InChI=1S/C11H14N4OS.2ClH/c16-10(9-2-1-3-12-9)13-6-8-7-15-4-5-17-11(15)14-8;;/h1-2,7,9,12H,3-6H2,(H,13,16);2*1H. The summed E-state index contributed by atoms with van der Waals surface area (Å²) in [6.45, 7) is 2.30. The van der Waals surface area contributed by atoms with Crippen LogP contribution in [0.25, 0.3) is 0 Å². The highest BCUT2D eigenvalue weighted by molar-refractivity contribution is 7.99. The molecule has 1 amide bonds. The van der Waals surface area contributed by atoms with E-state index in [1.165, 1.54) is 0 Å². The summed E-state index contributed by atoms with van der Waals surface area (Å²) in [7, 11) is 0. The van der Waals surface area contributed by atoms with E-state index in [-0.39, 0.29) is 36.8 Å². The second-order valence-corrected chi connectivity index (χ2v) is 5.15. The van der Waals surface area contributed by atoms with E-state index in [1.807, 2.05) is 18.3 Å². The van der Waals surface area contributed by atoms with Crippen LogP contribution in [0.15, 0.2) is 23.5 Å². The minimum Gasteiger partial charge on any atom is -0.349 e. The fourth-order valence-corrected chi connectivity index (χ4v) is 2.94. The van der Waals surface area contributed by atoms with Crippen LogP contribution < -0.4 is 10.6 Å². The number of aryl methyl sites for hydroxylation is 1. The number of hydrogen-bond acceptors (Lipinski definition) is 4. The van der Waals surface area contributed by atoms with E-state index in [4.69, 9.17) is 0 Å². The van der Waals surface area contributed by atoms with Crippen LogP contribution in [0.2, 0.25) is 0 Å². The van der Waals surface area contributed by atoms with E-state index in [9.17, 15) is 4.79 Å². The van der Waals surface area contributed by atoms with Gasteiger partial charge in [0.2, 0.25) is 5.91 Å². The molecule has 19 heavy (non-hydrogen) atoms. The van der Waals surface area contributed by atoms with Crippen molar-refractivity contribution >= 4 is 42.5 Å². The third-order valence-electron chi connectivity index (χ3n) is 2.86. The van der Waals surface area contributed by atoms with Crippen molar-refractivity contribution in [2.24, 2.45) is 0 Å². The van der Waals surface area contributed by atoms with Crippen LogP contribution in [0.3, 0.4) is 0 Å². The molecule has 2 aliphatic heterocycles. The van der Waals surface area contributed by atoms with E-state index in [0.717, 1.165) is 29.7 Å². The molecule has 1 aromatic heterocycles. The van der Waals surface area contributed by atoms with E-state index >= 15 is 0 Å². The lowest BCUT2D eigenvalue weighted by Crippen LogP contribution is -2.40. The number of carbonyl (C=O) groups is 1. The minimum atomic E-state index is -0.182. The Labute approximate surface area is 128 Å². The Hall–Kier alpha value is -0.690. The Morgan fingerprint density at radius 2 is 2.42 bits per heavy atom. The largest absolute Gasteiger partial charge is 0.349 e. The van der Waals surface area contributed by atoms with Crippen LogP contribution in [0, 0.1) is 0 Å². The third kappa shape index (κ3) is 3.66. The predicted molar refractivity (Wildman–Crippen MR) is 80.2 cm³/mol. The lowest BCUT2D eigenvalue weighted by atomic mass is 10.3. The lowest BCUT2D eigenvalue weighted by Gasteiger charge is -2.08. The van der Waals surface area contributed by atoms with Crippen molar-refractivity contribution in [3.8, 4) is 0 Å². The maximum Gasteiger partial charge on any atom is 0.241 e. The molecule has 2 aliphatic rings. The first kappa shape index (κ1) is 16.4. The SMILES string of the molecule is Cl.Cl.O=C(NCc1cn2c(n1)SCC2)C1C=CCN1. The number of thioether (sulfide) groups is 1. The topological polar surface area (TPSA) is 59.0 Å². The Morgan fingerprint density at radius 3 is 3.11 bits per heavy atom. The van der Waals surface area contributed by atoms with Gasteiger partial charge < -0.3 is 9.88 Å². The van der Waals surface area contributed by atoms with Crippen molar-refractivity contribution in [1.29, 1.82) is 0 Å². The number of hydrogen-bond donors (Lipinski definition) is 2. The first-order chi connectivity index (χ1) is 8.33. The van der Waals surface area contributed by atoms with E-state index in [0.29, 0.717) is 6.54 Å². The van der Waals surface area contributed by atoms with Gasteiger partial charge in [0.25, 0.3) is 0 Å². The van der Waals surface area contributed by atoms with Crippen LogP contribution in [-0.2, 0) is 17.9 Å². The average molecular weight is 323 g/mol. The highest BCUT2D eigenvalue weighted by Crippen LogP contribution is 2.24. The van der Waals surface area contributed by atoms with Gasteiger partial charge in [0.15, 0.2) is 5.16 Å². The van der Waals surface area contributed by atoms with Gasteiger partial charge in [-0.15, -0.1) is 24.8 Å². The molecule has 0 radical (unpaired) electrons. The van der Waals surface area contributed by atoms with Crippen molar-refractivity contribution in [1.82, 2.24) is 20.2 Å². The molecule has 3 rings (SSSR count). The second-order valence-electron chi connectivity index (χ2n) is 4.09. The average Bonchev–Trinajstić information content (AvgIpc) is 3.01. The van der Waals surface area contributed by atoms with Crippen molar-refractivity contribution in [2.45, 2.75) is 24.3 Å². The first-order valence-electron chi connectivity index (χ1n) is 5.69. The molecule has 0 aromatic carbocycles. The number of imidazole rings is 1. The van der Waals surface area contributed by atoms with Crippen LogP contribution in [0.1, 0.15) is 5.69 Å². The van der Waals surface area contributed by atoms with Gasteiger partial charge in [0, 0.05) is 25.0 Å². The number of nitrogens with one attached hydrogen (secondary N) is 2. The highest BCUT2D eigenvalue weighted by atomic mass is 35.5.